The van der Waals surface area contributed by atoms with Crippen LogP contribution in [0.25, 0.3) is 10.2 Å². The van der Waals surface area contributed by atoms with Crippen molar-refractivity contribution in [2.24, 2.45) is 5.92 Å². The van der Waals surface area contributed by atoms with E-state index in [1.807, 2.05) is 0 Å². The van der Waals surface area contributed by atoms with Gasteiger partial charge in [0, 0.05) is 11.4 Å². The summed E-state index contributed by atoms with van der Waals surface area (Å²) < 4.78 is 12.9. The van der Waals surface area contributed by atoms with Crippen molar-refractivity contribution >= 4 is 39.2 Å². The van der Waals surface area contributed by atoms with Crippen molar-refractivity contribution < 1.29 is 9.18 Å². The van der Waals surface area contributed by atoms with Crippen LogP contribution in [-0.4, -0.2) is 21.6 Å². The van der Waals surface area contributed by atoms with Crippen molar-refractivity contribution in [1.82, 2.24) is 15.3 Å². The number of H-pyrrole nitrogens is 1. The molecular formula is C20H20FN3O2S2. The zero-order valence-corrected chi connectivity index (χ0v) is 17.0. The van der Waals surface area contributed by atoms with E-state index in [-0.39, 0.29) is 23.0 Å². The molecule has 0 spiro atoms. The fourth-order valence-corrected chi connectivity index (χ4v) is 5.52. The molecule has 0 fully saturated rings. The molecule has 28 heavy (non-hydrogen) atoms. The van der Waals surface area contributed by atoms with E-state index < -0.39 is 0 Å². The number of hydrogen-bond acceptors (Lipinski definition) is 5. The molecule has 1 atom stereocenters. The van der Waals surface area contributed by atoms with Gasteiger partial charge in [-0.2, -0.15) is 0 Å². The van der Waals surface area contributed by atoms with Crippen LogP contribution in [0.15, 0.2) is 34.2 Å². The van der Waals surface area contributed by atoms with Crippen LogP contribution in [0.3, 0.4) is 0 Å². The van der Waals surface area contributed by atoms with Crippen LogP contribution < -0.4 is 10.9 Å². The first-order valence-electron chi connectivity index (χ1n) is 9.18. The van der Waals surface area contributed by atoms with E-state index in [2.05, 4.69) is 22.2 Å². The van der Waals surface area contributed by atoms with Crippen molar-refractivity contribution in [1.29, 1.82) is 0 Å². The quantitative estimate of drug-likeness (QED) is 0.491. The molecule has 8 heteroatoms. The molecule has 0 saturated heterocycles. The lowest BCUT2D eigenvalue weighted by Gasteiger charge is -2.17. The van der Waals surface area contributed by atoms with Gasteiger partial charge < -0.3 is 10.3 Å². The molecule has 1 aromatic carbocycles. The topological polar surface area (TPSA) is 74.8 Å². The van der Waals surface area contributed by atoms with Gasteiger partial charge in [0.15, 0.2) is 5.16 Å². The third kappa shape index (κ3) is 4.12. The average Bonchev–Trinajstić information content (AvgIpc) is 3.03. The summed E-state index contributed by atoms with van der Waals surface area (Å²) in [6.45, 7) is 2.56. The Kier molecular flexibility index (Phi) is 5.50. The number of carbonyl (C=O) groups excluding carboxylic acids is 1. The van der Waals surface area contributed by atoms with Crippen molar-refractivity contribution in [3.63, 3.8) is 0 Å². The summed E-state index contributed by atoms with van der Waals surface area (Å²) in [5.41, 5.74) is 1.86. The van der Waals surface area contributed by atoms with Crippen LogP contribution in [0.5, 0.6) is 0 Å². The van der Waals surface area contributed by atoms with Crippen molar-refractivity contribution in [3.8, 4) is 0 Å². The second-order valence-electron chi connectivity index (χ2n) is 7.09. The Labute approximate surface area is 169 Å². The second-order valence-corrected chi connectivity index (χ2v) is 9.14. The van der Waals surface area contributed by atoms with E-state index in [9.17, 15) is 14.0 Å². The van der Waals surface area contributed by atoms with E-state index in [1.54, 1.807) is 23.5 Å². The molecule has 0 bridgehead atoms. The molecule has 146 valence electrons. The molecule has 0 unspecified atom stereocenters. The summed E-state index contributed by atoms with van der Waals surface area (Å²) in [6.07, 6.45) is 3.03. The van der Waals surface area contributed by atoms with Gasteiger partial charge in [-0.1, -0.05) is 30.8 Å². The number of benzene rings is 1. The summed E-state index contributed by atoms with van der Waals surface area (Å²) in [4.78, 5) is 34.1. The van der Waals surface area contributed by atoms with E-state index in [0.717, 1.165) is 40.6 Å². The number of thiophene rings is 1. The second kappa shape index (κ2) is 8.05. The lowest BCUT2D eigenvalue weighted by molar-refractivity contribution is -0.118. The van der Waals surface area contributed by atoms with Gasteiger partial charge in [0.25, 0.3) is 5.56 Å². The molecule has 2 heterocycles. The number of aromatic amines is 1. The van der Waals surface area contributed by atoms with E-state index in [4.69, 9.17) is 0 Å². The Hall–Kier alpha value is -2.19. The van der Waals surface area contributed by atoms with Crippen LogP contribution in [0.4, 0.5) is 4.39 Å². The number of aromatic nitrogens is 2. The molecule has 0 saturated carbocycles. The van der Waals surface area contributed by atoms with Gasteiger partial charge in [0.05, 0.1) is 11.1 Å². The summed E-state index contributed by atoms with van der Waals surface area (Å²) >= 11 is 2.81. The number of aryl methyl sites for hydroxylation is 1. The average molecular weight is 418 g/mol. The van der Waals surface area contributed by atoms with Crippen LogP contribution in [0.2, 0.25) is 0 Å². The first kappa shape index (κ1) is 19.1. The number of halogens is 1. The molecule has 1 aliphatic rings. The maximum Gasteiger partial charge on any atom is 0.260 e. The van der Waals surface area contributed by atoms with Crippen LogP contribution >= 0.6 is 23.1 Å². The SMILES string of the molecule is C[C@@H]1CCc2c(sc3nc(SCC(=O)NCc4ccc(F)cc4)[nH]c(=O)c23)C1. The van der Waals surface area contributed by atoms with Crippen LogP contribution in [-0.2, 0) is 24.2 Å². The zero-order chi connectivity index (χ0) is 19.7. The summed E-state index contributed by atoms with van der Waals surface area (Å²) in [5, 5.41) is 3.96. The molecule has 2 N–H and O–H groups in total. The van der Waals surface area contributed by atoms with E-state index in [0.29, 0.717) is 17.6 Å². The summed E-state index contributed by atoms with van der Waals surface area (Å²) in [5.74, 6) is 0.313. The Bertz CT molecular complexity index is 1080. The molecule has 3 aromatic rings. The largest absolute Gasteiger partial charge is 0.351 e. The Morgan fingerprint density at radius 3 is 2.96 bits per heavy atom. The Balaban J connectivity index is 1.41. The van der Waals surface area contributed by atoms with E-state index in [1.165, 1.54) is 28.8 Å². The summed E-state index contributed by atoms with van der Waals surface area (Å²) in [6, 6.07) is 5.99. The number of hydrogen-bond donors (Lipinski definition) is 2. The third-order valence-corrected chi connectivity index (χ3v) is 6.91. The number of carbonyl (C=O) groups is 1. The Morgan fingerprint density at radius 2 is 2.18 bits per heavy atom. The van der Waals surface area contributed by atoms with Crippen molar-refractivity contribution in [2.75, 3.05) is 5.75 Å². The first-order chi connectivity index (χ1) is 13.5. The minimum atomic E-state index is -0.305. The number of thioether (sulfide) groups is 1. The summed E-state index contributed by atoms with van der Waals surface area (Å²) in [7, 11) is 0. The van der Waals surface area contributed by atoms with Gasteiger partial charge >= 0.3 is 0 Å². The lowest BCUT2D eigenvalue weighted by Crippen LogP contribution is -2.24. The third-order valence-electron chi connectivity index (χ3n) is 4.89. The van der Waals surface area contributed by atoms with Gasteiger partial charge in [-0.15, -0.1) is 11.3 Å². The molecule has 0 radical (unpaired) electrons. The van der Waals surface area contributed by atoms with E-state index >= 15 is 0 Å². The molecular weight excluding hydrogens is 397 g/mol. The highest BCUT2D eigenvalue weighted by molar-refractivity contribution is 7.99. The highest BCUT2D eigenvalue weighted by Gasteiger charge is 2.23. The zero-order valence-electron chi connectivity index (χ0n) is 15.4. The molecule has 0 aliphatic heterocycles. The predicted molar refractivity (Wildman–Crippen MR) is 110 cm³/mol. The minimum absolute atomic E-state index is 0.119. The van der Waals surface area contributed by atoms with Gasteiger partial charge in [-0.3, -0.25) is 9.59 Å². The van der Waals surface area contributed by atoms with Crippen molar-refractivity contribution in [3.05, 3.63) is 56.4 Å². The lowest BCUT2D eigenvalue weighted by atomic mass is 9.89. The maximum atomic E-state index is 12.9. The number of nitrogens with one attached hydrogen (secondary N) is 2. The first-order valence-corrected chi connectivity index (χ1v) is 11.0. The molecule has 5 nitrogen and oxygen atoms in total. The highest BCUT2D eigenvalue weighted by Crippen LogP contribution is 2.36. The maximum absolute atomic E-state index is 12.9. The smallest absolute Gasteiger partial charge is 0.260 e. The monoisotopic (exact) mass is 417 g/mol. The number of nitrogens with zero attached hydrogens (tertiary/aromatic N) is 1. The van der Waals surface area contributed by atoms with Crippen molar-refractivity contribution in [2.45, 2.75) is 37.9 Å². The minimum Gasteiger partial charge on any atom is -0.351 e. The number of rotatable bonds is 5. The number of fused-ring (bicyclic) bond motifs is 3. The van der Waals surface area contributed by atoms with Crippen LogP contribution in [0.1, 0.15) is 29.3 Å². The van der Waals surface area contributed by atoms with Crippen LogP contribution in [0, 0.1) is 11.7 Å². The number of amides is 1. The van der Waals surface area contributed by atoms with Gasteiger partial charge in [0.1, 0.15) is 10.6 Å². The Morgan fingerprint density at radius 1 is 1.39 bits per heavy atom. The normalized spacial score (nSPS) is 16.1. The molecule has 4 rings (SSSR count). The van der Waals surface area contributed by atoms with Gasteiger partial charge in [0.2, 0.25) is 5.91 Å². The highest BCUT2D eigenvalue weighted by atomic mass is 32.2. The molecule has 2 aromatic heterocycles. The molecule has 1 amide bonds. The standard InChI is InChI=1S/C20H20FN3O2S2/c1-11-2-7-14-15(8-11)28-19-17(14)18(26)23-20(24-19)27-10-16(25)22-9-12-3-5-13(21)6-4-12/h3-6,11H,2,7-10H2,1H3,(H,22,25)(H,23,24,26)/t11-/m1/s1. The fourth-order valence-electron chi connectivity index (χ4n) is 3.39. The van der Waals surface area contributed by atoms with Gasteiger partial charge in [-0.05, 0) is 48.4 Å². The predicted octanol–water partition coefficient (Wildman–Crippen LogP) is 3.66. The molecule has 1 aliphatic carbocycles. The fraction of sp³-hybridized carbons (Fsp3) is 0.350. The van der Waals surface area contributed by atoms with Gasteiger partial charge in [-0.25, -0.2) is 9.37 Å².